The molecule has 26 heavy (non-hydrogen) atoms. The van der Waals surface area contributed by atoms with E-state index >= 15 is 0 Å². The third-order valence-corrected chi connectivity index (χ3v) is 4.11. The number of non-ortho nitro benzene ring substituents is 1. The summed E-state index contributed by atoms with van der Waals surface area (Å²) in [7, 11) is 0. The maximum absolute atomic E-state index is 12.4. The number of nitrogens with zero attached hydrogens (tertiary/aromatic N) is 2. The lowest BCUT2D eigenvalue weighted by Gasteiger charge is -2.19. The molecule has 0 saturated heterocycles. The summed E-state index contributed by atoms with van der Waals surface area (Å²) < 4.78 is 0. The Balaban J connectivity index is 2.16. The van der Waals surface area contributed by atoms with Crippen molar-refractivity contribution in [2.75, 3.05) is 11.9 Å². The molecule has 0 atom stereocenters. The molecule has 0 saturated carbocycles. The van der Waals surface area contributed by atoms with Gasteiger partial charge >= 0.3 is 0 Å². The first-order valence-corrected chi connectivity index (χ1v) is 8.29. The van der Waals surface area contributed by atoms with Gasteiger partial charge in [0.25, 0.3) is 11.6 Å². The minimum Gasteiger partial charge on any atom is -0.339 e. The molecule has 0 radical (unpaired) electrons. The molecule has 0 aliphatic rings. The number of hydrogen-bond donors (Lipinski definition) is 1. The van der Waals surface area contributed by atoms with Crippen molar-refractivity contribution in [2.45, 2.75) is 20.4 Å². The molecule has 0 spiro atoms. The summed E-state index contributed by atoms with van der Waals surface area (Å²) in [6.45, 7) is 4.42. The van der Waals surface area contributed by atoms with Crippen LogP contribution < -0.4 is 5.32 Å². The highest BCUT2D eigenvalue weighted by atomic mass is 35.5. The summed E-state index contributed by atoms with van der Waals surface area (Å²) in [6.07, 6.45) is 0. The van der Waals surface area contributed by atoms with Gasteiger partial charge in [-0.3, -0.25) is 19.7 Å². The summed E-state index contributed by atoms with van der Waals surface area (Å²) in [5, 5.41) is 13.5. The van der Waals surface area contributed by atoms with Crippen LogP contribution in [0.25, 0.3) is 0 Å². The molecule has 7 nitrogen and oxygen atoms in total. The van der Waals surface area contributed by atoms with Crippen molar-refractivity contribution in [3.63, 3.8) is 0 Å². The van der Waals surface area contributed by atoms with E-state index < -0.39 is 10.8 Å². The fraction of sp³-hybridized carbons (Fsp3) is 0.222. The monoisotopic (exact) mass is 375 g/mol. The van der Waals surface area contributed by atoms with Gasteiger partial charge in [-0.15, -0.1) is 0 Å². The fourth-order valence-electron chi connectivity index (χ4n) is 2.41. The van der Waals surface area contributed by atoms with Crippen molar-refractivity contribution in [3.05, 3.63) is 68.7 Å². The van der Waals surface area contributed by atoms with Crippen molar-refractivity contribution >= 4 is 34.8 Å². The van der Waals surface area contributed by atoms with E-state index in [9.17, 15) is 19.7 Å². The molecule has 8 heteroatoms. The van der Waals surface area contributed by atoms with E-state index in [2.05, 4.69) is 5.32 Å². The van der Waals surface area contributed by atoms with Crippen LogP contribution in [0, 0.1) is 10.1 Å². The molecule has 0 aliphatic heterocycles. The van der Waals surface area contributed by atoms with Crippen LogP contribution in [0.4, 0.5) is 11.4 Å². The lowest BCUT2D eigenvalue weighted by Crippen LogP contribution is -2.27. The molecule has 0 aliphatic carbocycles. The smallest absolute Gasteiger partial charge is 0.270 e. The first-order chi connectivity index (χ1) is 12.3. The molecule has 2 amide bonds. The second kappa shape index (κ2) is 8.44. The van der Waals surface area contributed by atoms with Crippen LogP contribution in [0.5, 0.6) is 0 Å². The number of rotatable bonds is 6. The number of halogens is 1. The van der Waals surface area contributed by atoms with Gasteiger partial charge in [-0.2, -0.15) is 0 Å². The highest BCUT2D eigenvalue weighted by Gasteiger charge is 2.15. The zero-order valence-electron chi connectivity index (χ0n) is 14.4. The zero-order chi connectivity index (χ0) is 19.3. The highest BCUT2D eigenvalue weighted by molar-refractivity contribution is 6.34. The van der Waals surface area contributed by atoms with Crippen LogP contribution in [0.1, 0.15) is 29.8 Å². The molecule has 0 fully saturated rings. The molecule has 1 N–H and O–H groups in total. The van der Waals surface area contributed by atoms with Gasteiger partial charge < -0.3 is 10.2 Å². The second-order valence-electron chi connectivity index (χ2n) is 5.61. The topological polar surface area (TPSA) is 92.6 Å². The summed E-state index contributed by atoms with van der Waals surface area (Å²) in [4.78, 5) is 35.8. The molecule has 0 bridgehead atoms. The fourth-order valence-corrected chi connectivity index (χ4v) is 2.67. The molecule has 2 aromatic rings. The summed E-state index contributed by atoms with van der Waals surface area (Å²) in [5.41, 5.74) is 1.37. The number of carbonyl (C=O) groups excluding carboxylic acids is 2. The molecular formula is C18H18ClN3O4. The Morgan fingerprint density at radius 3 is 2.54 bits per heavy atom. The molecular weight excluding hydrogens is 358 g/mol. The van der Waals surface area contributed by atoms with Crippen LogP contribution in [-0.4, -0.2) is 28.2 Å². The van der Waals surface area contributed by atoms with E-state index in [4.69, 9.17) is 11.6 Å². The van der Waals surface area contributed by atoms with Gasteiger partial charge in [-0.1, -0.05) is 23.7 Å². The summed E-state index contributed by atoms with van der Waals surface area (Å²) >= 11 is 5.98. The maximum atomic E-state index is 12.4. The van der Waals surface area contributed by atoms with Gasteiger partial charge in [0.05, 0.1) is 15.5 Å². The Bertz CT molecular complexity index is 854. The average Bonchev–Trinajstić information content (AvgIpc) is 2.59. The quantitative estimate of drug-likeness (QED) is 0.612. The number of hydrogen-bond acceptors (Lipinski definition) is 4. The lowest BCUT2D eigenvalue weighted by atomic mass is 10.1. The van der Waals surface area contributed by atoms with Crippen molar-refractivity contribution in [1.82, 2.24) is 4.90 Å². The van der Waals surface area contributed by atoms with Gasteiger partial charge in [0.2, 0.25) is 5.91 Å². The minimum atomic E-state index is -0.578. The van der Waals surface area contributed by atoms with Gasteiger partial charge in [0, 0.05) is 37.8 Å². The number of benzene rings is 2. The normalized spacial score (nSPS) is 10.3. The number of anilines is 1. The predicted molar refractivity (Wildman–Crippen MR) is 99.3 cm³/mol. The van der Waals surface area contributed by atoms with Crippen LogP contribution in [0.2, 0.25) is 5.02 Å². The van der Waals surface area contributed by atoms with Crippen LogP contribution >= 0.6 is 11.6 Å². The van der Waals surface area contributed by atoms with Gasteiger partial charge in [0.1, 0.15) is 0 Å². The van der Waals surface area contributed by atoms with Gasteiger partial charge in [-0.25, -0.2) is 0 Å². The Labute approximate surface area is 155 Å². The van der Waals surface area contributed by atoms with Gasteiger partial charge in [0.15, 0.2) is 0 Å². The van der Waals surface area contributed by atoms with Crippen molar-refractivity contribution in [2.24, 2.45) is 0 Å². The van der Waals surface area contributed by atoms with Crippen LogP contribution in [0.3, 0.4) is 0 Å². The predicted octanol–water partition coefficient (Wildman–Crippen LogP) is 3.87. The molecule has 0 aromatic heterocycles. The maximum Gasteiger partial charge on any atom is 0.270 e. The summed E-state index contributed by atoms with van der Waals surface area (Å²) in [5.74, 6) is -0.499. The Morgan fingerprint density at radius 1 is 1.23 bits per heavy atom. The molecule has 0 heterocycles. The van der Waals surface area contributed by atoms with Crippen molar-refractivity contribution in [1.29, 1.82) is 0 Å². The first-order valence-electron chi connectivity index (χ1n) is 7.91. The molecule has 2 rings (SSSR count). The van der Waals surface area contributed by atoms with Crippen molar-refractivity contribution in [3.8, 4) is 0 Å². The number of nitro benzene ring substituents is 1. The third kappa shape index (κ3) is 4.80. The average molecular weight is 376 g/mol. The zero-order valence-corrected chi connectivity index (χ0v) is 15.1. The summed E-state index contributed by atoms with van der Waals surface area (Å²) in [6, 6.07) is 10.8. The Hall–Kier alpha value is -2.93. The minimum absolute atomic E-state index is 0.00147. The number of amides is 2. The Kier molecular flexibility index (Phi) is 6.30. The van der Waals surface area contributed by atoms with E-state index in [-0.39, 0.29) is 22.2 Å². The van der Waals surface area contributed by atoms with Gasteiger partial charge in [-0.05, 0) is 30.7 Å². The second-order valence-corrected chi connectivity index (χ2v) is 6.02. The van der Waals surface area contributed by atoms with E-state index in [0.717, 1.165) is 11.6 Å². The largest absolute Gasteiger partial charge is 0.339 e. The van der Waals surface area contributed by atoms with E-state index in [0.29, 0.717) is 18.8 Å². The number of nitrogens with one attached hydrogen (secondary N) is 1. The van der Waals surface area contributed by atoms with E-state index in [1.165, 1.54) is 19.1 Å². The van der Waals surface area contributed by atoms with Crippen LogP contribution in [-0.2, 0) is 11.3 Å². The number of nitro groups is 1. The first kappa shape index (κ1) is 19.4. The third-order valence-electron chi connectivity index (χ3n) is 3.79. The standard InChI is InChI=1S/C18H18ClN3O4/c1-3-21(12(2)23)11-13-5-4-6-14(9-13)20-18(24)16-8-7-15(22(25)26)10-17(16)19/h4-10H,3,11H2,1-2H3,(H,20,24). The Morgan fingerprint density at radius 2 is 1.96 bits per heavy atom. The van der Waals surface area contributed by atoms with E-state index in [1.807, 2.05) is 13.0 Å². The highest BCUT2D eigenvalue weighted by Crippen LogP contribution is 2.23. The van der Waals surface area contributed by atoms with Crippen LogP contribution in [0.15, 0.2) is 42.5 Å². The molecule has 2 aromatic carbocycles. The molecule has 0 unspecified atom stereocenters. The van der Waals surface area contributed by atoms with E-state index in [1.54, 1.807) is 23.1 Å². The lowest BCUT2D eigenvalue weighted by molar-refractivity contribution is -0.384. The number of carbonyl (C=O) groups is 2. The van der Waals surface area contributed by atoms with Crippen molar-refractivity contribution < 1.29 is 14.5 Å². The molecule has 136 valence electrons. The SMILES string of the molecule is CCN(Cc1cccc(NC(=O)c2ccc([N+](=O)[O-])cc2Cl)c1)C(C)=O.